The van der Waals surface area contributed by atoms with Gasteiger partial charge in [0.2, 0.25) is 0 Å². The highest BCUT2D eigenvalue weighted by Crippen LogP contribution is 2.59. The standard InChI is InChI=1S/C19H25NO3/c1-20-9-6-12-10-15(22-2)18(23-3)17-16(12)14(20)11-19(17)7-4-13(21)5-8-19/h4,7,10,13-14,21H,5-6,8-9,11H2,1-3H3/t13-,14-,19+/m1/s1. The number of methoxy groups -OCH3 is 2. The molecule has 4 nitrogen and oxygen atoms in total. The van der Waals surface area contributed by atoms with Crippen LogP contribution in [0.4, 0.5) is 0 Å². The largest absolute Gasteiger partial charge is 0.493 e. The van der Waals surface area contributed by atoms with Gasteiger partial charge < -0.3 is 14.6 Å². The molecule has 1 aliphatic heterocycles. The molecule has 1 aromatic carbocycles. The van der Waals surface area contributed by atoms with Crippen molar-refractivity contribution >= 4 is 0 Å². The Morgan fingerprint density at radius 1 is 1.30 bits per heavy atom. The van der Waals surface area contributed by atoms with Gasteiger partial charge in [-0.05, 0) is 49.9 Å². The van der Waals surface area contributed by atoms with E-state index in [4.69, 9.17) is 9.47 Å². The van der Waals surface area contributed by atoms with E-state index >= 15 is 0 Å². The zero-order valence-electron chi connectivity index (χ0n) is 14.1. The molecule has 0 fully saturated rings. The number of allylic oxidation sites excluding steroid dienone is 1. The second-order valence-electron chi connectivity index (χ2n) is 7.13. The van der Waals surface area contributed by atoms with Crippen LogP contribution in [0.2, 0.25) is 0 Å². The third-order valence-corrected chi connectivity index (χ3v) is 5.97. The van der Waals surface area contributed by atoms with Crippen LogP contribution >= 0.6 is 0 Å². The lowest BCUT2D eigenvalue weighted by Crippen LogP contribution is -2.32. The number of aliphatic hydroxyl groups excluding tert-OH is 1. The van der Waals surface area contributed by atoms with Crippen LogP contribution in [0.15, 0.2) is 18.2 Å². The van der Waals surface area contributed by atoms with E-state index < -0.39 is 0 Å². The van der Waals surface area contributed by atoms with Gasteiger partial charge in [0.1, 0.15) is 0 Å². The number of likely N-dealkylation sites (N-methyl/N-ethyl adjacent to an activating group) is 1. The number of ether oxygens (including phenoxy) is 2. The molecule has 0 saturated carbocycles. The van der Waals surface area contributed by atoms with Crippen molar-refractivity contribution in [2.45, 2.75) is 43.2 Å². The molecular formula is C19H25NO3. The number of benzene rings is 1. The zero-order chi connectivity index (χ0) is 16.2. The van der Waals surface area contributed by atoms with Gasteiger partial charge in [0.15, 0.2) is 11.5 Å². The van der Waals surface area contributed by atoms with E-state index in [1.165, 1.54) is 16.7 Å². The van der Waals surface area contributed by atoms with Gasteiger partial charge in [0, 0.05) is 23.6 Å². The van der Waals surface area contributed by atoms with E-state index in [0.29, 0.717) is 6.04 Å². The fourth-order valence-electron chi connectivity index (χ4n) is 4.78. The molecular weight excluding hydrogens is 290 g/mol. The van der Waals surface area contributed by atoms with E-state index in [1.807, 2.05) is 6.08 Å². The summed E-state index contributed by atoms with van der Waals surface area (Å²) < 4.78 is 11.4. The van der Waals surface area contributed by atoms with Crippen molar-refractivity contribution in [1.82, 2.24) is 4.90 Å². The van der Waals surface area contributed by atoms with Crippen LogP contribution in [0.1, 0.15) is 42.0 Å². The molecule has 0 unspecified atom stereocenters. The highest BCUT2D eigenvalue weighted by molar-refractivity contribution is 5.63. The van der Waals surface area contributed by atoms with Crippen LogP contribution in [0.5, 0.6) is 11.5 Å². The smallest absolute Gasteiger partial charge is 0.165 e. The molecule has 0 aromatic heterocycles. The maximum absolute atomic E-state index is 9.92. The molecule has 0 saturated heterocycles. The first-order chi connectivity index (χ1) is 11.1. The monoisotopic (exact) mass is 315 g/mol. The van der Waals surface area contributed by atoms with E-state index in [1.54, 1.807) is 14.2 Å². The molecule has 1 spiro atoms. The lowest BCUT2D eigenvalue weighted by molar-refractivity contribution is 0.172. The van der Waals surface area contributed by atoms with Gasteiger partial charge in [0.05, 0.1) is 20.3 Å². The van der Waals surface area contributed by atoms with Gasteiger partial charge in [-0.1, -0.05) is 12.2 Å². The maximum atomic E-state index is 9.92. The third kappa shape index (κ3) is 2.05. The second kappa shape index (κ2) is 5.25. The normalized spacial score (nSPS) is 32.2. The average Bonchev–Trinajstić information content (AvgIpc) is 2.90. The summed E-state index contributed by atoms with van der Waals surface area (Å²) in [7, 11) is 5.66. The van der Waals surface area contributed by atoms with Crippen molar-refractivity contribution in [2.75, 3.05) is 27.8 Å². The minimum Gasteiger partial charge on any atom is -0.493 e. The highest BCUT2D eigenvalue weighted by Gasteiger charge is 2.49. The van der Waals surface area contributed by atoms with Crippen LogP contribution < -0.4 is 9.47 Å². The molecule has 0 amide bonds. The second-order valence-corrected chi connectivity index (χ2v) is 7.13. The number of hydrogen-bond acceptors (Lipinski definition) is 4. The molecule has 3 aliphatic rings. The van der Waals surface area contributed by atoms with Crippen molar-refractivity contribution < 1.29 is 14.6 Å². The van der Waals surface area contributed by atoms with Gasteiger partial charge in [0.25, 0.3) is 0 Å². The minimum absolute atomic E-state index is 0.0353. The Balaban J connectivity index is 1.98. The van der Waals surface area contributed by atoms with Gasteiger partial charge in [-0.2, -0.15) is 0 Å². The van der Waals surface area contributed by atoms with Crippen molar-refractivity contribution in [3.8, 4) is 11.5 Å². The molecule has 4 heteroatoms. The minimum atomic E-state index is -0.318. The van der Waals surface area contributed by atoms with Crippen LogP contribution in [0.3, 0.4) is 0 Å². The lowest BCUT2D eigenvalue weighted by Gasteiger charge is -2.33. The molecule has 4 rings (SSSR count). The molecule has 124 valence electrons. The predicted octanol–water partition coefficient (Wildman–Crippen LogP) is 2.59. The first kappa shape index (κ1) is 15.0. The Labute approximate surface area is 137 Å². The molecule has 1 aromatic rings. The van der Waals surface area contributed by atoms with Crippen LogP contribution in [-0.4, -0.2) is 43.9 Å². The summed E-state index contributed by atoms with van der Waals surface area (Å²) in [6.45, 7) is 1.08. The molecule has 23 heavy (non-hydrogen) atoms. The summed E-state index contributed by atoms with van der Waals surface area (Å²) in [5.41, 5.74) is 4.11. The zero-order valence-corrected chi connectivity index (χ0v) is 14.1. The Kier molecular flexibility index (Phi) is 3.43. The van der Waals surface area contributed by atoms with Gasteiger partial charge in [-0.15, -0.1) is 0 Å². The number of nitrogens with zero attached hydrogens (tertiary/aromatic N) is 1. The van der Waals surface area contributed by atoms with Gasteiger partial charge >= 0.3 is 0 Å². The SMILES string of the molecule is COc1cc2c3c(c1OC)[C@]1(C=C[C@@H](O)CC1)C[C@H]3N(C)CC2. The molecule has 1 N–H and O–H groups in total. The van der Waals surface area contributed by atoms with Crippen molar-refractivity contribution in [3.63, 3.8) is 0 Å². The van der Waals surface area contributed by atoms with E-state index in [-0.39, 0.29) is 11.5 Å². The molecule has 2 aliphatic carbocycles. The van der Waals surface area contributed by atoms with Crippen molar-refractivity contribution in [1.29, 1.82) is 0 Å². The summed E-state index contributed by atoms with van der Waals surface area (Å²) in [6, 6.07) is 2.60. The maximum Gasteiger partial charge on any atom is 0.165 e. The van der Waals surface area contributed by atoms with Crippen LogP contribution in [-0.2, 0) is 11.8 Å². The first-order valence-electron chi connectivity index (χ1n) is 8.45. The number of aliphatic hydroxyl groups is 1. The summed E-state index contributed by atoms with van der Waals surface area (Å²) in [4.78, 5) is 2.46. The molecule has 1 heterocycles. The van der Waals surface area contributed by atoms with E-state index in [0.717, 1.165) is 43.7 Å². The Hall–Kier alpha value is -1.52. The van der Waals surface area contributed by atoms with Crippen LogP contribution in [0, 0.1) is 0 Å². The number of rotatable bonds is 2. The lowest BCUT2D eigenvalue weighted by atomic mass is 9.73. The molecule has 0 bridgehead atoms. The van der Waals surface area contributed by atoms with Crippen molar-refractivity contribution in [2.24, 2.45) is 0 Å². The van der Waals surface area contributed by atoms with Gasteiger partial charge in [-0.25, -0.2) is 0 Å². The Morgan fingerprint density at radius 2 is 2.13 bits per heavy atom. The van der Waals surface area contributed by atoms with E-state index in [9.17, 15) is 5.11 Å². The predicted molar refractivity (Wildman–Crippen MR) is 89.3 cm³/mol. The first-order valence-corrected chi connectivity index (χ1v) is 8.45. The van der Waals surface area contributed by atoms with E-state index in [2.05, 4.69) is 24.1 Å². The average molecular weight is 315 g/mol. The fraction of sp³-hybridized carbons (Fsp3) is 0.579. The summed E-state index contributed by atoms with van der Waals surface area (Å²) in [5, 5.41) is 9.92. The third-order valence-electron chi connectivity index (χ3n) is 5.97. The quantitative estimate of drug-likeness (QED) is 0.852. The topological polar surface area (TPSA) is 41.9 Å². The van der Waals surface area contributed by atoms with Gasteiger partial charge in [-0.3, -0.25) is 4.90 Å². The summed E-state index contributed by atoms with van der Waals surface area (Å²) >= 11 is 0. The van der Waals surface area contributed by atoms with Crippen LogP contribution in [0.25, 0.3) is 0 Å². The fourth-order valence-corrected chi connectivity index (χ4v) is 4.78. The number of hydrogen-bond donors (Lipinski definition) is 1. The summed E-state index contributed by atoms with van der Waals surface area (Å²) in [6.07, 6.45) is 7.77. The van der Waals surface area contributed by atoms with Crippen molar-refractivity contribution in [3.05, 3.63) is 34.9 Å². The Morgan fingerprint density at radius 3 is 2.78 bits per heavy atom. The molecule has 3 atom stereocenters. The highest BCUT2D eigenvalue weighted by atomic mass is 16.5. The summed E-state index contributed by atoms with van der Waals surface area (Å²) in [5.74, 6) is 1.72. The molecule has 0 radical (unpaired) electrons. The number of fused-ring (bicyclic) bond motifs is 1. The Bertz CT molecular complexity index is 669.